The van der Waals surface area contributed by atoms with Gasteiger partial charge in [0.1, 0.15) is 6.04 Å². The Bertz CT molecular complexity index is 1400. The molecule has 3 rings (SSSR count). The zero-order valence-electron chi connectivity index (χ0n) is 22.2. The van der Waals surface area contributed by atoms with Crippen LogP contribution in [-0.2, 0) is 32.6 Å². The third-order valence-electron chi connectivity index (χ3n) is 6.42. The second-order valence-corrected chi connectivity index (χ2v) is 12.5. The van der Waals surface area contributed by atoms with Crippen LogP contribution in [-0.4, -0.2) is 51.0 Å². The maximum absolute atomic E-state index is 13.7. The molecule has 0 bridgehead atoms. The van der Waals surface area contributed by atoms with Crippen LogP contribution in [0.25, 0.3) is 0 Å². The maximum Gasteiger partial charge on any atom is 0.242 e. The molecule has 10 heteroatoms. The van der Waals surface area contributed by atoms with Crippen LogP contribution >= 0.6 is 27.5 Å². The zero-order valence-corrected chi connectivity index (χ0v) is 25.4. The van der Waals surface area contributed by atoms with Gasteiger partial charge in [0, 0.05) is 42.5 Å². The van der Waals surface area contributed by atoms with Crippen molar-refractivity contribution in [1.82, 2.24) is 10.2 Å². The molecule has 0 aliphatic rings. The molecule has 208 valence electrons. The lowest BCUT2D eigenvalue weighted by Gasteiger charge is -2.32. The fraction of sp³-hybridized carbons (Fsp3) is 0.310. The van der Waals surface area contributed by atoms with Gasteiger partial charge < -0.3 is 10.2 Å². The first-order valence-electron chi connectivity index (χ1n) is 12.5. The number of carbonyl (C=O) groups is 2. The minimum atomic E-state index is -3.62. The van der Waals surface area contributed by atoms with E-state index in [9.17, 15) is 18.0 Å². The Morgan fingerprint density at radius 3 is 2.31 bits per heavy atom. The summed E-state index contributed by atoms with van der Waals surface area (Å²) < 4.78 is 27.4. The van der Waals surface area contributed by atoms with E-state index in [1.165, 1.54) is 4.31 Å². The number of hydrogen-bond acceptors (Lipinski definition) is 4. The highest BCUT2D eigenvalue weighted by atomic mass is 79.9. The predicted octanol–water partition coefficient (Wildman–Crippen LogP) is 5.34. The van der Waals surface area contributed by atoms with Crippen LogP contribution < -0.4 is 9.62 Å². The Morgan fingerprint density at radius 1 is 1.00 bits per heavy atom. The predicted molar refractivity (Wildman–Crippen MR) is 160 cm³/mol. The molecule has 0 saturated carbocycles. The number of likely N-dealkylation sites (N-methyl/N-ethyl adjacent to an activating group) is 1. The van der Waals surface area contributed by atoms with Crippen molar-refractivity contribution in [2.45, 2.75) is 38.8 Å². The normalized spacial score (nSPS) is 12.0. The smallest absolute Gasteiger partial charge is 0.242 e. The summed E-state index contributed by atoms with van der Waals surface area (Å²) in [6.07, 6.45) is 1.80. The molecule has 0 saturated heterocycles. The lowest BCUT2D eigenvalue weighted by molar-refractivity contribution is -0.141. The summed E-state index contributed by atoms with van der Waals surface area (Å²) in [5.41, 5.74) is 2.93. The third-order valence-corrected chi connectivity index (χ3v) is 8.50. The molecule has 0 aliphatic heterocycles. The molecule has 39 heavy (non-hydrogen) atoms. The van der Waals surface area contributed by atoms with Gasteiger partial charge >= 0.3 is 0 Å². The third kappa shape index (κ3) is 8.55. The molecule has 0 aliphatic carbocycles. The Balaban J connectivity index is 1.86. The summed E-state index contributed by atoms with van der Waals surface area (Å²) >= 11 is 9.72. The van der Waals surface area contributed by atoms with Crippen LogP contribution in [0.4, 0.5) is 5.69 Å². The van der Waals surface area contributed by atoms with Gasteiger partial charge in [-0.05, 0) is 54.3 Å². The lowest BCUT2D eigenvalue weighted by Crippen LogP contribution is -2.49. The van der Waals surface area contributed by atoms with Gasteiger partial charge in [-0.2, -0.15) is 0 Å². The number of amides is 2. The van der Waals surface area contributed by atoms with Crippen LogP contribution in [0.5, 0.6) is 0 Å². The second-order valence-electron chi connectivity index (χ2n) is 9.29. The average Bonchev–Trinajstić information content (AvgIpc) is 2.90. The number of sulfonamides is 1. The molecule has 0 spiro atoms. The van der Waals surface area contributed by atoms with E-state index in [2.05, 4.69) is 21.2 Å². The zero-order chi connectivity index (χ0) is 28.6. The molecular formula is C29H33BrClN3O4S. The van der Waals surface area contributed by atoms with E-state index < -0.39 is 16.1 Å². The molecule has 0 heterocycles. The molecule has 1 atom stereocenters. The van der Waals surface area contributed by atoms with Crippen molar-refractivity contribution in [3.8, 4) is 0 Å². The lowest BCUT2D eigenvalue weighted by atomic mass is 10.0. The first-order valence-corrected chi connectivity index (χ1v) is 15.6. The van der Waals surface area contributed by atoms with Crippen molar-refractivity contribution in [2.75, 3.05) is 24.2 Å². The van der Waals surface area contributed by atoms with Gasteiger partial charge in [-0.1, -0.05) is 76.1 Å². The average molecular weight is 635 g/mol. The van der Waals surface area contributed by atoms with Crippen molar-refractivity contribution in [3.05, 3.63) is 99.0 Å². The van der Waals surface area contributed by atoms with E-state index in [4.69, 9.17) is 11.6 Å². The molecule has 1 N–H and O–H groups in total. The summed E-state index contributed by atoms with van der Waals surface area (Å²) in [7, 11) is -2.07. The highest BCUT2D eigenvalue weighted by Gasteiger charge is 2.30. The van der Waals surface area contributed by atoms with Gasteiger partial charge in [0.25, 0.3) is 0 Å². The minimum Gasteiger partial charge on any atom is -0.357 e. The molecule has 0 unspecified atom stereocenters. The van der Waals surface area contributed by atoms with E-state index in [1.807, 2.05) is 54.6 Å². The molecule has 7 nitrogen and oxygen atoms in total. The van der Waals surface area contributed by atoms with Crippen LogP contribution in [0.1, 0.15) is 29.5 Å². The molecular weight excluding hydrogens is 602 g/mol. The Labute approximate surface area is 244 Å². The quantitative estimate of drug-likeness (QED) is 0.291. The van der Waals surface area contributed by atoms with Crippen molar-refractivity contribution in [3.63, 3.8) is 0 Å². The van der Waals surface area contributed by atoms with Crippen molar-refractivity contribution in [1.29, 1.82) is 0 Å². The molecule has 0 fully saturated rings. The van der Waals surface area contributed by atoms with Crippen molar-refractivity contribution >= 4 is 55.1 Å². The van der Waals surface area contributed by atoms with E-state index in [0.29, 0.717) is 22.7 Å². The maximum atomic E-state index is 13.7. The van der Waals surface area contributed by atoms with Crippen LogP contribution in [0.2, 0.25) is 5.02 Å². The van der Waals surface area contributed by atoms with E-state index in [1.54, 1.807) is 37.1 Å². The summed E-state index contributed by atoms with van der Waals surface area (Å²) in [6, 6.07) is 21.5. The monoisotopic (exact) mass is 633 g/mol. The van der Waals surface area contributed by atoms with E-state index >= 15 is 0 Å². The van der Waals surface area contributed by atoms with Crippen LogP contribution in [0.15, 0.2) is 77.3 Å². The van der Waals surface area contributed by atoms with Crippen LogP contribution in [0, 0.1) is 6.92 Å². The molecule has 3 aromatic rings. The van der Waals surface area contributed by atoms with E-state index in [0.717, 1.165) is 21.9 Å². The van der Waals surface area contributed by atoms with Crippen molar-refractivity contribution in [2.24, 2.45) is 0 Å². The number of halogens is 2. The minimum absolute atomic E-state index is 0.0575. The fourth-order valence-corrected chi connectivity index (χ4v) is 6.03. The number of carbonyl (C=O) groups excluding carboxylic acids is 2. The first kappa shape index (κ1) is 30.7. The highest BCUT2D eigenvalue weighted by Crippen LogP contribution is 2.28. The first-order chi connectivity index (χ1) is 18.5. The Hall–Kier alpha value is -2.88. The number of hydrogen-bond donors (Lipinski definition) is 1. The van der Waals surface area contributed by atoms with Gasteiger partial charge in [-0.15, -0.1) is 0 Å². The molecule has 0 aromatic heterocycles. The number of anilines is 1. The SMILES string of the molecule is CNC(=O)[C@@H](Cc1ccccc1)N(Cc1cccc(Br)c1)C(=O)CCCN(c1cccc(Cl)c1C)S(C)(=O)=O. The fourth-order valence-electron chi connectivity index (χ4n) is 4.40. The Morgan fingerprint density at radius 2 is 1.67 bits per heavy atom. The molecule has 3 aromatic carbocycles. The van der Waals surface area contributed by atoms with Crippen molar-refractivity contribution < 1.29 is 18.0 Å². The second kappa shape index (κ2) is 14.0. The van der Waals surface area contributed by atoms with Gasteiger partial charge in [-0.25, -0.2) is 8.42 Å². The standard InChI is InChI=1S/C29H33BrClN3O4S/c1-21-25(31)14-8-15-26(21)34(39(3,37)38)17-9-16-28(35)33(20-23-12-7-13-24(30)18-23)27(29(36)32-2)19-22-10-5-4-6-11-22/h4-8,10-15,18,27H,9,16-17,19-20H2,1-3H3,(H,32,36)/t27-/m1/s1. The number of benzene rings is 3. The van der Waals surface area contributed by atoms with Gasteiger partial charge in [0.05, 0.1) is 11.9 Å². The summed E-state index contributed by atoms with van der Waals surface area (Å²) in [5.74, 6) is -0.509. The van der Waals surface area contributed by atoms with Gasteiger partial charge in [0.15, 0.2) is 0 Å². The highest BCUT2D eigenvalue weighted by molar-refractivity contribution is 9.10. The summed E-state index contributed by atoms with van der Waals surface area (Å²) in [6.45, 7) is 2.09. The Kier molecular flexibility index (Phi) is 11.0. The topological polar surface area (TPSA) is 86.8 Å². The number of nitrogens with one attached hydrogen (secondary N) is 1. The number of rotatable bonds is 12. The largest absolute Gasteiger partial charge is 0.357 e. The molecule has 0 radical (unpaired) electrons. The summed E-state index contributed by atoms with van der Waals surface area (Å²) in [4.78, 5) is 28.4. The van der Waals surface area contributed by atoms with Gasteiger partial charge in [0.2, 0.25) is 21.8 Å². The van der Waals surface area contributed by atoms with E-state index in [-0.39, 0.29) is 37.7 Å². The van der Waals surface area contributed by atoms with Gasteiger partial charge in [-0.3, -0.25) is 13.9 Å². The number of nitrogens with zero attached hydrogens (tertiary/aromatic N) is 2. The molecule has 2 amide bonds. The summed E-state index contributed by atoms with van der Waals surface area (Å²) in [5, 5.41) is 3.17. The van der Waals surface area contributed by atoms with Crippen LogP contribution in [0.3, 0.4) is 0 Å².